The standard InChI is InChI=1S/C39H54N4O5Si/c1-27(2)11-10-12-28(3)17-23-41-33-16-15-31(25-32(33)39(37(41)46)29(4)35(49(5,6)47)34(48-39)18-24-44)42-26-43(30-13-8-7-9-14-30)38(36(42)45)19-21-40-22-20-38/h7-9,11,13-17,25,29,34-35,40,44,47H,10,12,18-24,26H2,1-6H3/b28-17+/t29-,34+,35-,39+/m1/s1. The molecule has 2 aromatic rings. The Kier molecular flexibility index (Phi) is 10.0. The van der Waals surface area contributed by atoms with Crippen LogP contribution in [0.4, 0.5) is 17.1 Å². The SMILES string of the molecule is CC(C)=CCC/C(C)=C/CN1C(=O)[C@@]2(O[C@@H](CCO)[C@H]([Si](C)(C)O)[C@H]2C)c2cc(N3CN(c4ccccc4)C4(CCNCC4)C3=O)ccc21. The second kappa shape index (κ2) is 13.8. The average molecular weight is 687 g/mol. The van der Waals surface area contributed by atoms with Crippen LogP contribution in [0, 0.1) is 5.92 Å². The van der Waals surface area contributed by atoms with Gasteiger partial charge in [0.2, 0.25) is 0 Å². The Morgan fingerprint density at radius 3 is 2.39 bits per heavy atom. The average Bonchev–Trinajstić information content (AvgIpc) is 3.61. The normalized spacial score (nSPS) is 26.7. The summed E-state index contributed by atoms with van der Waals surface area (Å²) in [6.45, 7) is 14.4. The summed E-state index contributed by atoms with van der Waals surface area (Å²) in [5.74, 6) is -0.406. The number of piperidine rings is 1. The molecule has 0 bridgehead atoms. The maximum Gasteiger partial charge on any atom is 0.264 e. The summed E-state index contributed by atoms with van der Waals surface area (Å²) in [5.41, 5.74) is 3.52. The third kappa shape index (κ3) is 6.20. The lowest BCUT2D eigenvalue weighted by Gasteiger charge is -2.39. The number of hydrogen-bond acceptors (Lipinski definition) is 7. The van der Waals surface area contributed by atoms with Crippen LogP contribution in [0.15, 0.2) is 71.8 Å². The Balaban J connectivity index is 1.43. The number of nitrogens with one attached hydrogen (secondary N) is 1. The van der Waals surface area contributed by atoms with Gasteiger partial charge in [-0.05, 0) is 109 Å². The molecule has 6 rings (SSSR count). The lowest BCUT2D eigenvalue weighted by molar-refractivity contribution is -0.146. The summed E-state index contributed by atoms with van der Waals surface area (Å²) in [6, 6.07) is 16.1. The number of benzene rings is 2. The van der Waals surface area contributed by atoms with Gasteiger partial charge >= 0.3 is 0 Å². The molecule has 264 valence electrons. The van der Waals surface area contributed by atoms with Crippen molar-refractivity contribution in [3.05, 3.63) is 77.4 Å². The lowest BCUT2D eigenvalue weighted by atomic mass is 9.82. The molecular formula is C39H54N4O5Si. The van der Waals surface area contributed by atoms with E-state index < -0.39 is 25.6 Å². The van der Waals surface area contributed by atoms with Crippen molar-refractivity contribution in [3.8, 4) is 0 Å². The molecule has 4 aliphatic heterocycles. The maximum absolute atomic E-state index is 14.8. The number of nitrogens with zero attached hydrogens (tertiary/aromatic N) is 3. The van der Waals surface area contributed by atoms with Crippen molar-refractivity contribution in [2.45, 2.75) is 95.7 Å². The number of aliphatic hydroxyl groups excluding tert-OH is 1. The minimum absolute atomic E-state index is 0.0725. The molecule has 3 saturated heterocycles. The molecule has 2 amide bonds. The smallest absolute Gasteiger partial charge is 0.264 e. The van der Waals surface area contributed by atoms with Gasteiger partial charge < -0.3 is 29.8 Å². The van der Waals surface area contributed by atoms with Crippen LogP contribution in [0.25, 0.3) is 0 Å². The van der Waals surface area contributed by atoms with E-state index in [1.165, 1.54) is 11.1 Å². The third-order valence-corrected chi connectivity index (χ3v) is 13.9. The molecule has 0 unspecified atom stereocenters. The lowest BCUT2D eigenvalue weighted by Crippen LogP contribution is -2.55. The first-order valence-corrected chi connectivity index (χ1v) is 21.0. The number of allylic oxidation sites excluding steroid dienone is 3. The van der Waals surface area contributed by atoms with Gasteiger partial charge in [-0.25, -0.2) is 0 Å². The Hall–Kier alpha value is -3.28. The van der Waals surface area contributed by atoms with Crippen LogP contribution in [0.3, 0.4) is 0 Å². The van der Waals surface area contributed by atoms with E-state index in [4.69, 9.17) is 4.74 Å². The number of ether oxygens (including phenoxy) is 1. The Morgan fingerprint density at radius 1 is 1.02 bits per heavy atom. The summed E-state index contributed by atoms with van der Waals surface area (Å²) >= 11 is 0. The second-order valence-electron chi connectivity index (χ2n) is 15.3. The van der Waals surface area contributed by atoms with Crippen LogP contribution in [-0.2, 0) is 19.9 Å². The maximum atomic E-state index is 14.8. The Bertz CT molecular complexity index is 1610. The number of fused-ring (bicyclic) bond motifs is 2. The first-order chi connectivity index (χ1) is 23.3. The van der Waals surface area contributed by atoms with Gasteiger partial charge in [-0.15, -0.1) is 0 Å². The van der Waals surface area contributed by atoms with Crippen LogP contribution >= 0.6 is 0 Å². The van der Waals surface area contributed by atoms with E-state index in [0.717, 1.165) is 48.6 Å². The van der Waals surface area contributed by atoms with Crippen LogP contribution in [0.1, 0.15) is 65.4 Å². The van der Waals surface area contributed by atoms with Gasteiger partial charge in [0.05, 0.1) is 18.5 Å². The fourth-order valence-corrected chi connectivity index (χ4v) is 11.5. The molecule has 0 aromatic heterocycles. The van der Waals surface area contributed by atoms with Gasteiger partial charge in [0, 0.05) is 41.5 Å². The summed E-state index contributed by atoms with van der Waals surface area (Å²) in [4.78, 5) is 46.9. The number of hydrogen-bond donors (Lipinski definition) is 3. The van der Waals surface area contributed by atoms with Crippen molar-refractivity contribution in [1.82, 2.24) is 5.32 Å². The number of para-hydroxylation sites is 1. The minimum atomic E-state index is -2.84. The highest BCUT2D eigenvalue weighted by Gasteiger charge is 2.66. The fourth-order valence-electron chi connectivity index (χ4n) is 8.92. The molecule has 0 aliphatic carbocycles. The van der Waals surface area contributed by atoms with E-state index >= 15 is 0 Å². The molecule has 49 heavy (non-hydrogen) atoms. The molecule has 2 spiro atoms. The predicted octanol–water partition coefficient (Wildman–Crippen LogP) is 5.84. The van der Waals surface area contributed by atoms with Crippen molar-refractivity contribution in [2.24, 2.45) is 5.92 Å². The zero-order chi connectivity index (χ0) is 35.1. The van der Waals surface area contributed by atoms with Gasteiger partial charge in [0.15, 0.2) is 13.9 Å². The molecule has 4 aliphatic rings. The zero-order valence-corrected chi connectivity index (χ0v) is 31.0. The molecule has 3 N–H and O–H groups in total. The van der Waals surface area contributed by atoms with E-state index in [1.54, 1.807) is 0 Å². The van der Waals surface area contributed by atoms with Crippen molar-refractivity contribution in [3.63, 3.8) is 0 Å². The van der Waals surface area contributed by atoms with Gasteiger partial charge in [0.25, 0.3) is 11.8 Å². The minimum Gasteiger partial charge on any atom is -0.432 e. The molecule has 4 atom stereocenters. The quantitative estimate of drug-likeness (QED) is 0.213. The van der Waals surface area contributed by atoms with E-state index in [9.17, 15) is 19.5 Å². The first kappa shape index (κ1) is 35.5. The number of carbonyl (C=O) groups excluding carboxylic acids is 2. The Labute approximate surface area is 292 Å². The van der Waals surface area contributed by atoms with Crippen molar-refractivity contribution >= 4 is 37.2 Å². The van der Waals surface area contributed by atoms with Crippen LogP contribution in [0.2, 0.25) is 18.6 Å². The van der Waals surface area contributed by atoms with Crippen LogP contribution < -0.4 is 20.0 Å². The van der Waals surface area contributed by atoms with Gasteiger partial charge in [0.1, 0.15) is 5.54 Å². The van der Waals surface area contributed by atoms with Gasteiger partial charge in [-0.1, -0.05) is 48.4 Å². The molecule has 0 saturated carbocycles. The highest BCUT2D eigenvalue weighted by atomic mass is 28.4. The van der Waals surface area contributed by atoms with E-state index in [2.05, 4.69) is 55.3 Å². The topological polar surface area (TPSA) is 106 Å². The fraction of sp³-hybridized carbons (Fsp3) is 0.538. The monoisotopic (exact) mass is 686 g/mol. The van der Waals surface area contributed by atoms with E-state index in [0.29, 0.717) is 32.5 Å². The Morgan fingerprint density at radius 2 is 1.73 bits per heavy atom. The molecule has 2 aromatic carbocycles. The predicted molar refractivity (Wildman–Crippen MR) is 198 cm³/mol. The summed E-state index contributed by atoms with van der Waals surface area (Å²) < 4.78 is 6.89. The van der Waals surface area contributed by atoms with Gasteiger partial charge in [-0.3, -0.25) is 14.5 Å². The van der Waals surface area contributed by atoms with Crippen LogP contribution in [-0.4, -0.2) is 74.6 Å². The van der Waals surface area contributed by atoms with Crippen molar-refractivity contribution < 1.29 is 24.2 Å². The highest BCUT2D eigenvalue weighted by Crippen LogP contribution is 2.60. The number of aliphatic hydroxyl groups is 1. The van der Waals surface area contributed by atoms with Crippen molar-refractivity contribution in [1.29, 1.82) is 0 Å². The van der Waals surface area contributed by atoms with E-state index in [-0.39, 0.29) is 29.9 Å². The number of carbonyl (C=O) groups is 2. The highest BCUT2D eigenvalue weighted by molar-refractivity contribution is 6.71. The summed E-state index contributed by atoms with van der Waals surface area (Å²) in [6.07, 6.45) is 7.51. The van der Waals surface area contributed by atoms with Crippen molar-refractivity contribution in [2.75, 3.05) is 47.6 Å². The molecule has 4 heterocycles. The molecule has 9 nitrogen and oxygen atoms in total. The first-order valence-electron chi connectivity index (χ1n) is 18.0. The largest absolute Gasteiger partial charge is 0.432 e. The number of anilines is 3. The van der Waals surface area contributed by atoms with Gasteiger partial charge in [-0.2, -0.15) is 0 Å². The van der Waals surface area contributed by atoms with Crippen LogP contribution in [0.5, 0.6) is 0 Å². The number of rotatable bonds is 10. The molecule has 0 radical (unpaired) electrons. The molecule has 3 fully saturated rings. The molecule has 10 heteroatoms. The van der Waals surface area contributed by atoms with E-state index in [1.807, 2.05) is 66.2 Å². The number of amides is 2. The summed E-state index contributed by atoms with van der Waals surface area (Å²) in [7, 11) is -2.84. The third-order valence-electron chi connectivity index (χ3n) is 11.3. The molecular weight excluding hydrogens is 633 g/mol. The second-order valence-corrected chi connectivity index (χ2v) is 19.3. The summed E-state index contributed by atoms with van der Waals surface area (Å²) in [5, 5.41) is 13.5. The zero-order valence-electron chi connectivity index (χ0n) is 30.0.